The van der Waals surface area contributed by atoms with E-state index in [4.69, 9.17) is 14.2 Å². The molecule has 0 rings (SSSR count). The highest BCUT2D eigenvalue weighted by molar-refractivity contribution is 5.71. The highest BCUT2D eigenvalue weighted by Crippen LogP contribution is 2.14. The van der Waals surface area contributed by atoms with Crippen LogP contribution in [0.1, 0.15) is 233 Å². The van der Waals surface area contributed by atoms with Crippen LogP contribution in [0.3, 0.4) is 0 Å². The lowest BCUT2D eigenvalue weighted by molar-refractivity contribution is -0.167. The van der Waals surface area contributed by atoms with Gasteiger partial charge in [-0.2, -0.15) is 0 Å². The molecule has 0 aliphatic rings. The molecule has 0 amide bonds. The third-order valence-corrected chi connectivity index (χ3v) is 10.6. The Morgan fingerprint density at radius 1 is 0.339 bits per heavy atom. The van der Waals surface area contributed by atoms with Gasteiger partial charge in [0.15, 0.2) is 6.10 Å². The van der Waals surface area contributed by atoms with E-state index in [1.165, 1.54) is 96.3 Å². The molecule has 0 aromatic rings. The van der Waals surface area contributed by atoms with E-state index < -0.39 is 6.10 Å². The summed E-state index contributed by atoms with van der Waals surface area (Å²) in [4.78, 5) is 37.9. The minimum Gasteiger partial charge on any atom is -0.462 e. The monoisotopic (exact) mass is 863 g/mol. The average Bonchev–Trinajstić information content (AvgIpc) is 3.27. The molecule has 1 unspecified atom stereocenters. The molecule has 0 aliphatic heterocycles. The van der Waals surface area contributed by atoms with Crippen LogP contribution in [-0.4, -0.2) is 37.2 Å². The summed E-state index contributed by atoms with van der Waals surface area (Å²) in [5.74, 6) is -0.993. The molecule has 0 aliphatic carbocycles. The fourth-order valence-corrected chi connectivity index (χ4v) is 6.80. The van der Waals surface area contributed by atoms with Gasteiger partial charge in [0.2, 0.25) is 0 Å². The van der Waals surface area contributed by atoms with E-state index in [1.807, 2.05) is 0 Å². The van der Waals surface area contributed by atoms with Crippen molar-refractivity contribution in [3.8, 4) is 0 Å². The Labute approximate surface area is 382 Å². The van der Waals surface area contributed by atoms with Gasteiger partial charge in [-0.15, -0.1) is 0 Å². The summed E-state index contributed by atoms with van der Waals surface area (Å²) in [5, 5.41) is 0. The van der Waals surface area contributed by atoms with Crippen molar-refractivity contribution in [3.05, 3.63) is 85.1 Å². The van der Waals surface area contributed by atoms with Crippen molar-refractivity contribution in [1.29, 1.82) is 0 Å². The maximum atomic E-state index is 12.8. The van der Waals surface area contributed by atoms with Gasteiger partial charge in [-0.05, 0) is 89.9 Å². The third-order valence-electron chi connectivity index (χ3n) is 10.6. The van der Waals surface area contributed by atoms with Crippen molar-refractivity contribution in [2.75, 3.05) is 13.2 Å². The summed E-state index contributed by atoms with van der Waals surface area (Å²) in [7, 11) is 0. The zero-order valence-electron chi connectivity index (χ0n) is 40.4. The second-order valence-electron chi connectivity index (χ2n) is 16.7. The van der Waals surface area contributed by atoms with Gasteiger partial charge in [-0.1, -0.05) is 209 Å². The van der Waals surface area contributed by atoms with Gasteiger partial charge in [0.05, 0.1) is 0 Å². The summed E-state index contributed by atoms with van der Waals surface area (Å²) in [6.07, 6.45) is 64.3. The van der Waals surface area contributed by atoms with Crippen LogP contribution in [0.5, 0.6) is 0 Å². The lowest BCUT2D eigenvalue weighted by Gasteiger charge is -2.18. The Morgan fingerprint density at radius 3 is 1.06 bits per heavy atom. The van der Waals surface area contributed by atoms with Gasteiger partial charge in [-0.3, -0.25) is 14.4 Å². The number of carbonyl (C=O) groups excluding carboxylic acids is 3. The Morgan fingerprint density at radius 2 is 0.645 bits per heavy atom. The van der Waals surface area contributed by atoms with E-state index in [1.54, 1.807) is 0 Å². The van der Waals surface area contributed by atoms with E-state index in [0.717, 1.165) is 89.9 Å². The van der Waals surface area contributed by atoms with Gasteiger partial charge in [0.25, 0.3) is 0 Å². The third kappa shape index (κ3) is 47.6. The molecule has 0 radical (unpaired) electrons. The Hall–Kier alpha value is -3.41. The highest BCUT2D eigenvalue weighted by atomic mass is 16.6. The van der Waals surface area contributed by atoms with Crippen LogP contribution in [-0.2, 0) is 28.6 Å². The molecule has 0 aromatic carbocycles. The molecule has 62 heavy (non-hydrogen) atoms. The second-order valence-corrected chi connectivity index (χ2v) is 16.7. The van der Waals surface area contributed by atoms with Crippen LogP contribution in [0.25, 0.3) is 0 Å². The number of unbranched alkanes of at least 4 members (excludes halogenated alkanes) is 20. The number of hydrogen-bond acceptors (Lipinski definition) is 6. The van der Waals surface area contributed by atoms with E-state index in [-0.39, 0.29) is 44.0 Å². The summed E-state index contributed by atoms with van der Waals surface area (Å²) >= 11 is 0. The largest absolute Gasteiger partial charge is 0.462 e. The van der Waals surface area contributed by atoms with Gasteiger partial charge < -0.3 is 14.2 Å². The van der Waals surface area contributed by atoms with Crippen LogP contribution in [0.15, 0.2) is 85.1 Å². The molecule has 1 atom stereocenters. The fraction of sp³-hybridized carbons (Fsp3) is 0.696. The summed E-state index contributed by atoms with van der Waals surface area (Å²) in [6.45, 7) is 6.43. The molecule has 6 heteroatoms. The van der Waals surface area contributed by atoms with Crippen molar-refractivity contribution in [3.63, 3.8) is 0 Å². The van der Waals surface area contributed by atoms with E-state index in [9.17, 15) is 14.4 Å². The predicted octanol–water partition coefficient (Wildman–Crippen LogP) is 16.8. The number of rotatable bonds is 45. The molecule has 0 saturated carbocycles. The SMILES string of the molecule is CC/C=C\C/C=C\C/C=C\C/C=C\CCCCCC(=O)OC(COC(=O)CCC/C=C\C/C=C\C/C=C\CCCCCCCC)COC(=O)CCCCCCCCCCCCC. The standard InChI is InChI=1S/C56H94O6/c1-4-7-10-13-16-19-22-24-26-28-30-31-34-37-40-43-46-49-55(58)61-52-53(51-60-54(57)48-45-42-39-36-33-21-18-15-12-9-6-3)62-56(59)50-47-44-41-38-35-32-29-27-25-23-20-17-14-11-8-5-2/h8,11,17,20,24-27,30-32,35,37,40,53H,4-7,9-10,12-16,18-19,21-23,28-29,33-34,36,38-39,41-52H2,1-3H3/b11-8-,20-17-,26-24-,27-25-,31-30-,35-32-,40-37-. The van der Waals surface area contributed by atoms with Crippen molar-refractivity contribution in [2.45, 2.75) is 239 Å². The van der Waals surface area contributed by atoms with Crippen LogP contribution in [0.4, 0.5) is 0 Å². The Bertz CT molecular complexity index is 1220. The first-order valence-corrected chi connectivity index (χ1v) is 25.6. The Kier molecular flexibility index (Phi) is 47.5. The number of hydrogen-bond donors (Lipinski definition) is 0. The minimum atomic E-state index is -0.811. The molecule has 0 N–H and O–H groups in total. The van der Waals surface area contributed by atoms with E-state index in [2.05, 4.69) is 106 Å². The van der Waals surface area contributed by atoms with Crippen molar-refractivity contribution in [2.24, 2.45) is 0 Å². The maximum absolute atomic E-state index is 12.8. The molecule has 0 heterocycles. The molecule has 0 aromatic heterocycles. The van der Waals surface area contributed by atoms with Gasteiger partial charge >= 0.3 is 17.9 Å². The summed E-state index contributed by atoms with van der Waals surface area (Å²) in [6, 6.07) is 0. The van der Waals surface area contributed by atoms with E-state index in [0.29, 0.717) is 12.8 Å². The number of esters is 3. The number of allylic oxidation sites excluding steroid dienone is 14. The molecule has 0 spiro atoms. The van der Waals surface area contributed by atoms with Crippen molar-refractivity contribution >= 4 is 17.9 Å². The molecule has 6 nitrogen and oxygen atoms in total. The van der Waals surface area contributed by atoms with Crippen molar-refractivity contribution in [1.82, 2.24) is 0 Å². The van der Waals surface area contributed by atoms with Crippen LogP contribution < -0.4 is 0 Å². The topological polar surface area (TPSA) is 78.9 Å². The summed E-state index contributed by atoms with van der Waals surface area (Å²) in [5.41, 5.74) is 0. The first-order valence-electron chi connectivity index (χ1n) is 25.6. The normalized spacial score (nSPS) is 12.8. The van der Waals surface area contributed by atoms with E-state index >= 15 is 0 Å². The first-order chi connectivity index (χ1) is 30.5. The van der Waals surface area contributed by atoms with Crippen LogP contribution in [0, 0.1) is 0 Å². The lowest BCUT2D eigenvalue weighted by Crippen LogP contribution is -2.30. The first kappa shape index (κ1) is 58.6. The molecule has 354 valence electrons. The molecule has 0 bridgehead atoms. The summed E-state index contributed by atoms with van der Waals surface area (Å²) < 4.78 is 16.7. The van der Waals surface area contributed by atoms with Gasteiger partial charge in [-0.25, -0.2) is 0 Å². The molecular formula is C56H94O6. The van der Waals surface area contributed by atoms with Crippen molar-refractivity contribution < 1.29 is 28.6 Å². The number of carbonyl (C=O) groups is 3. The zero-order chi connectivity index (χ0) is 45.1. The minimum absolute atomic E-state index is 0.104. The molecule has 0 saturated heterocycles. The zero-order valence-corrected chi connectivity index (χ0v) is 40.4. The smallest absolute Gasteiger partial charge is 0.306 e. The quantitative estimate of drug-likeness (QED) is 0.0263. The molecule has 0 fully saturated rings. The molecular weight excluding hydrogens is 769 g/mol. The van der Waals surface area contributed by atoms with Crippen LogP contribution >= 0.6 is 0 Å². The highest BCUT2D eigenvalue weighted by Gasteiger charge is 2.19. The van der Waals surface area contributed by atoms with Crippen LogP contribution in [0.2, 0.25) is 0 Å². The predicted molar refractivity (Wildman–Crippen MR) is 265 cm³/mol. The number of ether oxygens (including phenoxy) is 3. The maximum Gasteiger partial charge on any atom is 0.306 e. The Balaban J connectivity index is 4.51. The average molecular weight is 863 g/mol. The van der Waals surface area contributed by atoms with Gasteiger partial charge in [0.1, 0.15) is 13.2 Å². The second kappa shape index (κ2) is 50.2. The lowest BCUT2D eigenvalue weighted by atomic mass is 10.1. The van der Waals surface area contributed by atoms with Gasteiger partial charge in [0, 0.05) is 19.3 Å². The fourth-order valence-electron chi connectivity index (χ4n) is 6.80.